The maximum Gasteiger partial charge on any atom is 0.0705 e. The lowest BCUT2D eigenvalue weighted by Gasteiger charge is -2.40. The smallest absolute Gasteiger partial charge is 0.0705 e. The second kappa shape index (κ2) is 16.4. The molecule has 0 N–H and O–H groups in total. The third-order valence-electron chi connectivity index (χ3n) is 10.1. The number of nitrogens with zero attached hydrogens (tertiary/aromatic N) is 3. The van der Waals surface area contributed by atoms with Crippen molar-refractivity contribution >= 4 is 42.1 Å². The van der Waals surface area contributed by atoms with Crippen LogP contribution in [0.25, 0.3) is 22.4 Å². The van der Waals surface area contributed by atoms with E-state index in [1.807, 2.05) is 18.3 Å². The third kappa shape index (κ3) is 8.62. The van der Waals surface area contributed by atoms with E-state index in [2.05, 4.69) is 124 Å². The lowest BCUT2D eigenvalue weighted by Crippen LogP contribution is -2.44. The monoisotopic (exact) mass is 699 g/mol. The first-order valence-corrected chi connectivity index (χ1v) is 17.0. The van der Waals surface area contributed by atoms with Crippen LogP contribution in [0.3, 0.4) is 0 Å². The number of anilines is 1. The topological polar surface area (TPSA) is 19.4 Å². The highest BCUT2D eigenvalue weighted by Gasteiger charge is 2.26. The molecule has 6 heteroatoms. The molecule has 0 aliphatic carbocycles. The number of hydrogen-bond donors (Lipinski definition) is 0. The molecule has 1 fully saturated rings. The number of aryl methyl sites for hydroxylation is 4. The molecule has 0 radical (unpaired) electrons. The van der Waals surface area contributed by atoms with Gasteiger partial charge in [0, 0.05) is 54.7 Å². The van der Waals surface area contributed by atoms with Crippen LogP contribution in [-0.2, 0) is 13.1 Å². The van der Waals surface area contributed by atoms with Gasteiger partial charge in [0.25, 0.3) is 0 Å². The molecule has 1 aliphatic rings. The molecule has 0 bridgehead atoms. The predicted octanol–water partition coefficient (Wildman–Crippen LogP) is 11.4. The molecule has 3 nitrogen and oxygen atoms in total. The molecule has 6 rings (SSSR count). The second-order valence-electron chi connectivity index (χ2n) is 13.3. The average Bonchev–Trinajstić information content (AvgIpc) is 3.06. The summed E-state index contributed by atoms with van der Waals surface area (Å²) in [7, 11) is 0. The zero-order chi connectivity index (χ0) is 32.4. The molecule has 48 heavy (non-hydrogen) atoms. The Bertz CT molecular complexity index is 1800. The van der Waals surface area contributed by atoms with E-state index >= 15 is 0 Å². The maximum absolute atomic E-state index is 6.32. The van der Waals surface area contributed by atoms with E-state index in [0.29, 0.717) is 6.04 Å². The molecule has 4 aromatic carbocycles. The number of aromatic nitrogens is 1. The van der Waals surface area contributed by atoms with Crippen molar-refractivity contribution in [2.45, 2.75) is 73.5 Å². The fraction of sp³-hybridized carbons (Fsp3) is 0.310. The van der Waals surface area contributed by atoms with Crippen LogP contribution < -0.4 is 4.90 Å². The summed E-state index contributed by atoms with van der Waals surface area (Å²) in [5.74, 6) is 0. The average molecular weight is 701 g/mol. The largest absolute Gasteiger partial charge is 0.364 e. The highest BCUT2D eigenvalue weighted by molar-refractivity contribution is 6.30. The summed E-state index contributed by atoms with van der Waals surface area (Å²) in [4.78, 5) is 9.97. The van der Waals surface area contributed by atoms with Gasteiger partial charge in [0.05, 0.1) is 5.69 Å². The van der Waals surface area contributed by atoms with Gasteiger partial charge >= 0.3 is 0 Å². The van der Waals surface area contributed by atoms with E-state index < -0.39 is 0 Å². The highest BCUT2D eigenvalue weighted by Crippen LogP contribution is 2.31. The van der Waals surface area contributed by atoms with Crippen molar-refractivity contribution in [2.24, 2.45) is 0 Å². The Morgan fingerprint density at radius 2 is 1.25 bits per heavy atom. The van der Waals surface area contributed by atoms with Crippen LogP contribution in [0.5, 0.6) is 0 Å². The molecule has 2 heterocycles. The van der Waals surface area contributed by atoms with Gasteiger partial charge in [0.1, 0.15) is 0 Å². The Morgan fingerprint density at radius 1 is 0.667 bits per heavy atom. The molecule has 1 saturated heterocycles. The quantitative estimate of drug-likeness (QED) is 0.161. The van der Waals surface area contributed by atoms with Gasteiger partial charge < -0.3 is 4.90 Å². The summed E-state index contributed by atoms with van der Waals surface area (Å²) >= 11 is 6.32. The Hall–Kier alpha value is -3.34. The lowest BCUT2D eigenvalue weighted by molar-refractivity contribution is 0.201. The van der Waals surface area contributed by atoms with Crippen LogP contribution in [0.4, 0.5) is 5.69 Å². The van der Waals surface area contributed by atoms with Crippen molar-refractivity contribution in [1.82, 2.24) is 9.88 Å². The van der Waals surface area contributed by atoms with E-state index in [4.69, 9.17) is 16.6 Å². The van der Waals surface area contributed by atoms with Crippen molar-refractivity contribution in [2.75, 3.05) is 18.0 Å². The van der Waals surface area contributed by atoms with E-state index in [1.165, 1.54) is 66.9 Å². The van der Waals surface area contributed by atoms with Crippen LogP contribution in [0, 0.1) is 41.5 Å². The van der Waals surface area contributed by atoms with E-state index in [9.17, 15) is 0 Å². The number of benzene rings is 4. The van der Waals surface area contributed by atoms with Gasteiger partial charge in [-0.3, -0.25) is 9.88 Å². The summed E-state index contributed by atoms with van der Waals surface area (Å²) in [5.41, 5.74) is 16.8. The Morgan fingerprint density at radius 3 is 1.85 bits per heavy atom. The highest BCUT2D eigenvalue weighted by atomic mass is 35.5. The Kier molecular flexibility index (Phi) is 12.8. The van der Waals surface area contributed by atoms with Crippen molar-refractivity contribution in [1.29, 1.82) is 0 Å². The number of likely N-dealkylation sites (tertiary alicyclic amines) is 1. The minimum Gasteiger partial charge on any atom is -0.364 e. The summed E-state index contributed by atoms with van der Waals surface area (Å²) < 4.78 is 0. The molecule has 5 aromatic rings. The first-order chi connectivity index (χ1) is 22.1. The van der Waals surface area contributed by atoms with Gasteiger partial charge in [0.2, 0.25) is 0 Å². The summed E-state index contributed by atoms with van der Waals surface area (Å²) in [6.45, 7) is 17.2. The fourth-order valence-electron chi connectivity index (χ4n) is 6.87. The molecular formula is C42H48Cl3N3. The normalized spacial score (nSPS) is 13.5. The van der Waals surface area contributed by atoms with Crippen LogP contribution in [0.15, 0.2) is 91.1 Å². The molecule has 252 valence electrons. The minimum absolute atomic E-state index is 0. The van der Waals surface area contributed by atoms with Gasteiger partial charge in [-0.15, -0.1) is 24.8 Å². The van der Waals surface area contributed by atoms with Gasteiger partial charge in [0.15, 0.2) is 0 Å². The first kappa shape index (κ1) is 37.5. The predicted molar refractivity (Wildman–Crippen MR) is 210 cm³/mol. The molecular weight excluding hydrogens is 653 g/mol. The molecule has 0 unspecified atom stereocenters. The van der Waals surface area contributed by atoms with E-state index in [0.717, 1.165) is 49.7 Å². The molecule has 0 amide bonds. The van der Waals surface area contributed by atoms with Crippen LogP contribution >= 0.6 is 36.4 Å². The van der Waals surface area contributed by atoms with Crippen molar-refractivity contribution in [3.63, 3.8) is 0 Å². The summed E-state index contributed by atoms with van der Waals surface area (Å²) in [5, 5.41) is 0.771. The minimum atomic E-state index is 0. The molecule has 0 atom stereocenters. The zero-order valence-corrected chi connectivity index (χ0v) is 31.4. The number of hydrogen-bond acceptors (Lipinski definition) is 3. The number of piperidine rings is 1. The lowest BCUT2D eigenvalue weighted by atomic mass is 9.95. The van der Waals surface area contributed by atoms with Crippen LogP contribution in [0.1, 0.15) is 57.3 Å². The number of halogens is 3. The molecule has 1 aliphatic heterocycles. The van der Waals surface area contributed by atoms with E-state index in [1.54, 1.807) is 0 Å². The molecule has 0 spiro atoms. The van der Waals surface area contributed by atoms with Crippen molar-refractivity contribution in [3.8, 4) is 22.4 Å². The molecule has 1 aromatic heterocycles. The first-order valence-electron chi connectivity index (χ1n) is 16.6. The van der Waals surface area contributed by atoms with E-state index in [-0.39, 0.29) is 24.8 Å². The van der Waals surface area contributed by atoms with Crippen LogP contribution in [0.2, 0.25) is 5.02 Å². The van der Waals surface area contributed by atoms with Crippen molar-refractivity contribution in [3.05, 3.63) is 141 Å². The third-order valence-corrected chi connectivity index (χ3v) is 10.4. The summed E-state index contributed by atoms with van der Waals surface area (Å²) in [6, 6.07) is 31.5. The molecule has 0 saturated carbocycles. The Balaban J connectivity index is 0.00000260. The van der Waals surface area contributed by atoms with Gasteiger partial charge in [-0.25, -0.2) is 0 Å². The Labute approximate surface area is 305 Å². The van der Waals surface area contributed by atoms with Crippen molar-refractivity contribution < 1.29 is 0 Å². The summed E-state index contributed by atoms with van der Waals surface area (Å²) in [6.07, 6.45) is 4.20. The maximum atomic E-state index is 6.32. The van der Waals surface area contributed by atoms with Gasteiger partial charge in [-0.1, -0.05) is 41.9 Å². The fourth-order valence-corrected chi connectivity index (χ4v) is 7.00. The van der Waals surface area contributed by atoms with Gasteiger partial charge in [-0.05, 0) is 165 Å². The van der Waals surface area contributed by atoms with Crippen LogP contribution in [-0.4, -0.2) is 29.0 Å². The standard InChI is InChI=1S/C42H46ClN3.2ClH/c1-28-20-37(21-29(2)32(28)5)36-9-7-8-34(24-36)26-45-18-15-41(16-19-45)46(40-12-10-39(43)11-13-40)27-35-14-17-44-42(25-35)38-22-30(3)33(6)31(4)23-38;;/h7-14,17,20-25,41H,15-16,18-19,26-27H2,1-6H3;2*1H. The SMILES string of the molecule is Cc1cc(-c2cccc(CN3CCC(N(Cc4ccnc(-c5cc(C)c(C)c(C)c5)c4)c4ccc(Cl)cc4)CC3)c2)cc(C)c1C.Cl.Cl. The number of rotatable bonds is 8. The second-order valence-corrected chi connectivity index (χ2v) is 13.8. The number of pyridine rings is 1. The zero-order valence-electron chi connectivity index (χ0n) is 29.0. The van der Waals surface area contributed by atoms with Gasteiger partial charge in [-0.2, -0.15) is 0 Å².